The second-order valence-electron chi connectivity index (χ2n) is 6.79. The van der Waals surface area contributed by atoms with Crippen LogP contribution in [0.25, 0.3) is 22.1 Å². The largest absolute Gasteiger partial charge is 0.493 e. The lowest BCUT2D eigenvalue weighted by Gasteiger charge is -2.07. The van der Waals surface area contributed by atoms with E-state index in [0.29, 0.717) is 29.2 Å². The Labute approximate surface area is 179 Å². The minimum Gasteiger partial charge on any atom is -0.493 e. The Morgan fingerprint density at radius 3 is 2.39 bits per heavy atom. The highest BCUT2D eigenvalue weighted by Gasteiger charge is 2.19. The maximum absolute atomic E-state index is 12.7. The zero-order valence-electron chi connectivity index (χ0n) is 17.2. The van der Waals surface area contributed by atoms with E-state index >= 15 is 0 Å². The molecule has 1 N–H and O–H groups in total. The first-order valence-electron chi connectivity index (χ1n) is 9.85. The topological polar surface area (TPSA) is 77.8 Å². The van der Waals surface area contributed by atoms with Gasteiger partial charge in [-0.1, -0.05) is 30.3 Å². The van der Waals surface area contributed by atoms with E-state index in [4.69, 9.17) is 13.9 Å². The Morgan fingerprint density at radius 1 is 0.968 bits per heavy atom. The predicted octanol–water partition coefficient (Wildman–Crippen LogP) is 5.54. The SMILES string of the molecule is CCOC(=O)c1ccc(-c2ccc(OC)c3oc(C(=O)Nc4ccccc4)cc23)cc1. The van der Waals surface area contributed by atoms with Gasteiger partial charge >= 0.3 is 5.97 Å². The molecule has 4 rings (SSSR count). The van der Waals surface area contributed by atoms with Crippen LogP contribution in [0.15, 0.2) is 77.2 Å². The van der Waals surface area contributed by atoms with Crippen molar-refractivity contribution in [3.63, 3.8) is 0 Å². The van der Waals surface area contributed by atoms with Crippen LogP contribution in [0.2, 0.25) is 0 Å². The molecule has 1 heterocycles. The molecule has 6 heteroatoms. The number of hydrogen-bond donors (Lipinski definition) is 1. The number of methoxy groups -OCH3 is 1. The van der Waals surface area contributed by atoms with Crippen molar-refractivity contribution in [3.05, 3.63) is 84.1 Å². The van der Waals surface area contributed by atoms with Gasteiger partial charge in [0.05, 0.1) is 19.3 Å². The van der Waals surface area contributed by atoms with Crippen molar-refractivity contribution in [3.8, 4) is 16.9 Å². The molecule has 1 aromatic heterocycles. The molecule has 0 spiro atoms. The van der Waals surface area contributed by atoms with Crippen LogP contribution < -0.4 is 10.1 Å². The summed E-state index contributed by atoms with van der Waals surface area (Å²) in [7, 11) is 1.55. The summed E-state index contributed by atoms with van der Waals surface area (Å²) >= 11 is 0. The highest BCUT2D eigenvalue weighted by atomic mass is 16.5. The van der Waals surface area contributed by atoms with Crippen LogP contribution in [0.4, 0.5) is 5.69 Å². The maximum Gasteiger partial charge on any atom is 0.338 e. The zero-order chi connectivity index (χ0) is 21.8. The quantitative estimate of drug-likeness (QED) is 0.419. The summed E-state index contributed by atoms with van der Waals surface area (Å²) < 4.78 is 16.3. The Morgan fingerprint density at radius 2 is 1.71 bits per heavy atom. The molecule has 0 fully saturated rings. The standard InChI is InChI=1S/C25H21NO5/c1-3-30-25(28)17-11-9-16(10-12-17)19-13-14-21(29-2)23-20(19)15-22(31-23)24(27)26-18-7-5-4-6-8-18/h4-15H,3H2,1-2H3,(H,26,27). The van der Waals surface area contributed by atoms with Gasteiger partial charge in [-0.15, -0.1) is 0 Å². The Balaban J connectivity index is 1.71. The van der Waals surface area contributed by atoms with E-state index in [0.717, 1.165) is 16.5 Å². The van der Waals surface area contributed by atoms with Crippen LogP contribution in [-0.2, 0) is 4.74 Å². The summed E-state index contributed by atoms with van der Waals surface area (Å²) in [5.41, 5.74) is 3.36. The maximum atomic E-state index is 12.7. The summed E-state index contributed by atoms with van der Waals surface area (Å²) in [6.07, 6.45) is 0. The monoisotopic (exact) mass is 415 g/mol. The third kappa shape index (κ3) is 4.14. The first-order chi connectivity index (χ1) is 15.1. The molecule has 4 aromatic rings. The number of nitrogens with one attached hydrogen (secondary N) is 1. The molecule has 156 valence electrons. The molecular formula is C25H21NO5. The number of ether oxygens (including phenoxy) is 2. The molecule has 0 bridgehead atoms. The molecule has 0 aliphatic carbocycles. The summed E-state index contributed by atoms with van der Waals surface area (Å²) in [6, 6.07) is 21.7. The minimum absolute atomic E-state index is 0.174. The van der Waals surface area contributed by atoms with Gasteiger partial charge in [-0.3, -0.25) is 4.79 Å². The van der Waals surface area contributed by atoms with E-state index in [9.17, 15) is 9.59 Å². The van der Waals surface area contributed by atoms with Gasteiger partial charge in [0.25, 0.3) is 5.91 Å². The van der Waals surface area contributed by atoms with Crippen LogP contribution in [-0.4, -0.2) is 25.6 Å². The van der Waals surface area contributed by atoms with Crippen molar-refractivity contribution >= 4 is 28.5 Å². The van der Waals surface area contributed by atoms with E-state index in [-0.39, 0.29) is 17.6 Å². The van der Waals surface area contributed by atoms with Crippen LogP contribution in [0.1, 0.15) is 27.8 Å². The molecule has 3 aromatic carbocycles. The molecule has 1 amide bonds. The van der Waals surface area contributed by atoms with Gasteiger partial charge in [-0.05, 0) is 60.5 Å². The Kier molecular flexibility index (Phi) is 5.71. The first-order valence-corrected chi connectivity index (χ1v) is 9.85. The third-order valence-electron chi connectivity index (χ3n) is 4.83. The molecule has 0 aliphatic heterocycles. The number of anilines is 1. The highest BCUT2D eigenvalue weighted by molar-refractivity contribution is 6.07. The average molecular weight is 415 g/mol. The fourth-order valence-corrected chi connectivity index (χ4v) is 3.34. The van der Waals surface area contributed by atoms with Gasteiger partial charge in [0.1, 0.15) is 0 Å². The minimum atomic E-state index is -0.364. The molecule has 0 atom stereocenters. The van der Waals surface area contributed by atoms with Crippen LogP contribution in [0, 0.1) is 0 Å². The van der Waals surface area contributed by atoms with Crippen LogP contribution in [0.3, 0.4) is 0 Å². The van der Waals surface area contributed by atoms with E-state index < -0.39 is 0 Å². The van der Waals surface area contributed by atoms with Gasteiger partial charge in [0.2, 0.25) is 0 Å². The Bertz CT molecular complexity index is 1230. The molecule has 31 heavy (non-hydrogen) atoms. The number of hydrogen-bond acceptors (Lipinski definition) is 5. The summed E-state index contributed by atoms with van der Waals surface area (Å²) in [5, 5.41) is 3.56. The first kappa shape index (κ1) is 20.2. The number of para-hydroxylation sites is 1. The zero-order valence-corrected chi connectivity index (χ0v) is 17.2. The predicted molar refractivity (Wildman–Crippen MR) is 119 cm³/mol. The van der Waals surface area contributed by atoms with Gasteiger partial charge in [0.15, 0.2) is 17.1 Å². The number of furan rings is 1. The number of carbonyl (C=O) groups is 2. The fourth-order valence-electron chi connectivity index (χ4n) is 3.34. The summed E-state index contributed by atoms with van der Waals surface area (Å²) in [4.78, 5) is 24.6. The third-order valence-corrected chi connectivity index (χ3v) is 4.83. The molecule has 0 unspecified atom stereocenters. The number of carbonyl (C=O) groups excluding carboxylic acids is 2. The second-order valence-corrected chi connectivity index (χ2v) is 6.79. The lowest BCUT2D eigenvalue weighted by atomic mass is 10.00. The molecule has 0 aliphatic rings. The number of benzene rings is 3. The number of rotatable bonds is 6. The van der Waals surface area contributed by atoms with Crippen molar-refractivity contribution in [2.45, 2.75) is 6.92 Å². The molecule has 0 radical (unpaired) electrons. The molecule has 0 saturated heterocycles. The Hall–Kier alpha value is -4.06. The summed E-state index contributed by atoms with van der Waals surface area (Å²) in [6.45, 7) is 2.09. The lowest BCUT2D eigenvalue weighted by Crippen LogP contribution is -2.10. The van der Waals surface area contributed by atoms with Crippen molar-refractivity contribution in [2.75, 3.05) is 19.0 Å². The molecular weight excluding hydrogens is 394 g/mol. The lowest BCUT2D eigenvalue weighted by molar-refractivity contribution is 0.0526. The van der Waals surface area contributed by atoms with Gasteiger partial charge in [-0.25, -0.2) is 4.79 Å². The van der Waals surface area contributed by atoms with E-state index in [1.54, 1.807) is 50.4 Å². The van der Waals surface area contributed by atoms with E-state index in [1.807, 2.05) is 36.4 Å². The van der Waals surface area contributed by atoms with Crippen LogP contribution >= 0.6 is 0 Å². The van der Waals surface area contributed by atoms with Crippen molar-refractivity contribution < 1.29 is 23.5 Å². The van der Waals surface area contributed by atoms with Gasteiger partial charge in [-0.2, -0.15) is 0 Å². The summed E-state index contributed by atoms with van der Waals surface area (Å²) in [5.74, 6) is -0.0152. The van der Waals surface area contributed by atoms with E-state index in [1.165, 1.54) is 0 Å². The normalized spacial score (nSPS) is 10.6. The molecule has 0 saturated carbocycles. The van der Waals surface area contributed by atoms with Gasteiger partial charge < -0.3 is 19.2 Å². The average Bonchev–Trinajstić information content (AvgIpc) is 3.25. The second kappa shape index (κ2) is 8.75. The van der Waals surface area contributed by atoms with Gasteiger partial charge in [0, 0.05) is 11.1 Å². The van der Waals surface area contributed by atoms with E-state index in [2.05, 4.69) is 5.32 Å². The molecule has 6 nitrogen and oxygen atoms in total. The van der Waals surface area contributed by atoms with Crippen molar-refractivity contribution in [2.24, 2.45) is 0 Å². The fraction of sp³-hybridized carbons (Fsp3) is 0.120. The highest BCUT2D eigenvalue weighted by Crippen LogP contribution is 2.37. The smallest absolute Gasteiger partial charge is 0.338 e. The van der Waals surface area contributed by atoms with Crippen molar-refractivity contribution in [1.29, 1.82) is 0 Å². The van der Waals surface area contributed by atoms with Crippen LogP contribution in [0.5, 0.6) is 5.75 Å². The van der Waals surface area contributed by atoms with Crippen molar-refractivity contribution in [1.82, 2.24) is 0 Å². The number of amides is 1. The number of esters is 1. The number of fused-ring (bicyclic) bond motifs is 1.